The van der Waals surface area contributed by atoms with Gasteiger partial charge in [-0.3, -0.25) is 0 Å². The van der Waals surface area contributed by atoms with Gasteiger partial charge in [-0.2, -0.15) is 0 Å². The van der Waals surface area contributed by atoms with Crippen LogP contribution in [-0.4, -0.2) is 40.5 Å². The Morgan fingerprint density at radius 3 is 2.43 bits per heavy atom. The summed E-state index contributed by atoms with van der Waals surface area (Å²) in [5, 5.41) is 0. The Hall–Kier alpha value is -1.73. The van der Waals surface area contributed by atoms with Crippen LogP contribution >= 0.6 is 0 Å². The molecule has 0 saturated carbocycles. The summed E-state index contributed by atoms with van der Waals surface area (Å²) >= 11 is 0. The Bertz CT molecular complexity index is 599. The summed E-state index contributed by atoms with van der Waals surface area (Å²) in [6.07, 6.45) is 3.21. The van der Waals surface area contributed by atoms with Gasteiger partial charge in [-0.15, -0.1) is 6.58 Å². The molecule has 0 bridgehead atoms. The third kappa shape index (κ3) is 3.89. The molecule has 0 unspecified atom stereocenters. The normalized spacial score (nSPS) is 11.4. The minimum Gasteiger partial charge on any atom is -0.495 e. The average Bonchev–Trinajstić information content (AvgIpc) is 2.46. The van der Waals surface area contributed by atoms with Crippen LogP contribution in [-0.2, 0) is 10.0 Å². The van der Waals surface area contributed by atoms with Crippen molar-refractivity contribution in [2.24, 2.45) is 0 Å². The van der Waals surface area contributed by atoms with Crippen LogP contribution in [0.3, 0.4) is 0 Å². The van der Waals surface area contributed by atoms with Crippen LogP contribution in [0.4, 0.5) is 5.69 Å². The molecule has 1 aromatic carbocycles. The van der Waals surface area contributed by atoms with Crippen molar-refractivity contribution in [3.63, 3.8) is 0 Å². The molecule has 7 heteroatoms. The van der Waals surface area contributed by atoms with Crippen molar-refractivity contribution >= 4 is 15.7 Å². The zero-order chi connectivity index (χ0) is 16.0. The molecule has 1 aromatic rings. The number of ether oxygens (including phenoxy) is 2. The molecule has 0 radical (unpaired) electrons. The first kappa shape index (κ1) is 17.3. The summed E-state index contributed by atoms with van der Waals surface area (Å²) in [6, 6.07) is 2.83. The molecule has 0 fully saturated rings. The molecule has 0 heterocycles. The number of benzene rings is 1. The van der Waals surface area contributed by atoms with E-state index in [9.17, 15) is 8.42 Å². The fourth-order valence-electron chi connectivity index (χ4n) is 1.84. The SMILES string of the molecule is C=CCCCN(C)S(=O)(=O)c1cc(N)c(OC)cc1OC. The first-order valence-electron chi connectivity index (χ1n) is 6.47. The molecule has 2 N–H and O–H groups in total. The van der Waals surface area contributed by atoms with E-state index in [0.717, 1.165) is 6.42 Å². The highest BCUT2D eigenvalue weighted by atomic mass is 32.2. The predicted octanol–water partition coefficient (Wildman–Crippen LogP) is 1.87. The first-order chi connectivity index (χ1) is 9.88. The maximum Gasteiger partial charge on any atom is 0.246 e. The Morgan fingerprint density at radius 1 is 1.29 bits per heavy atom. The van der Waals surface area contributed by atoms with E-state index in [-0.39, 0.29) is 16.3 Å². The van der Waals surface area contributed by atoms with Crippen LogP contribution < -0.4 is 15.2 Å². The summed E-state index contributed by atoms with van der Waals surface area (Å²) in [5.74, 6) is 0.580. The van der Waals surface area contributed by atoms with E-state index in [1.54, 1.807) is 6.08 Å². The summed E-state index contributed by atoms with van der Waals surface area (Å²) in [5.41, 5.74) is 6.04. The van der Waals surface area contributed by atoms with E-state index in [1.807, 2.05) is 0 Å². The van der Waals surface area contributed by atoms with Crippen molar-refractivity contribution in [3.05, 3.63) is 24.8 Å². The van der Waals surface area contributed by atoms with Crippen LogP contribution in [0.2, 0.25) is 0 Å². The van der Waals surface area contributed by atoms with Gasteiger partial charge in [0.2, 0.25) is 10.0 Å². The molecule has 0 saturated heterocycles. The predicted molar refractivity (Wildman–Crippen MR) is 83.2 cm³/mol. The van der Waals surface area contributed by atoms with E-state index in [2.05, 4.69) is 6.58 Å². The van der Waals surface area contributed by atoms with Gasteiger partial charge >= 0.3 is 0 Å². The highest BCUT2D eigenvalue weighted by molar-refractivity contribution is 7.89. The molecule has 21 heavy (non-hydrogen) atoms. The van der Waals surface area contributed by atoms with Crippen molar-refractivity contribution in [1.29, 1.82) is 0 Å². The fourth-order valence-corrected chi connectivity index (χ4v) is 3.22. The quantitative estimate of drug-likeness (QED) is 0.450. The topological polar surface area (TPSA) is 81.9 Å². The van der Waals surface area contributed by atoms with Crippen molar-refractivity contribution in [1.82, 2.24) is 4.31 Å². The zero-order valence-corrected chi connectivity index (χ0v) is 13.4. The molecule has 0 spiro atoms. The number of unbranched alkanes of at least 4 members (excludes halogenated alkanes) is 1. The molecule has 6 nitrogen and oxygen atoms in total. The second-order valence-electron chi connectivity index (χ2n) is 4.50. The molecule has 0 amide bonds. The van der Waals surface area contributed by atoms with Gasteiger partial charge in [0.25, 0.3) is 0 Å². The molecule has 1 rings (SSSR count). The van der Waals surface area contributed by atoms with Crippen LogP contribution in [0.5, 0.6) is 11.5 Å². The van der Waals surface area contributed by atoms with Gasteiger partial charge < -0.3 is 15.2 Å². The number of hydrogen-bond acceptors (Lipinski definition) is 5. The number of nitrogen functional groups attached to an aromatic ring is 1. The number of methoxy groups -OCH3 is 2. The van der Waals surface area contributed by atoms with Crippen LogP contribution in [0, 0.1) is 0 Å². The minimum absolute atomic E-state index is 0.0319. The third-order valence-corrected chi connectivity index (χ3v) is 4.96. The summed E-state index contributed by atoms with van der Waals surface area (Å²) < 4.78 is 36.7. The number of hydrogen-bond donors (Lipinski definition) is 1. The number of nitrogens with two attached hydrogens (primary N) is 1. The van der Waals surface area contributed by atoms with Crippen LogP contribution in [0.15, 0.2) is 29.7 Å². The van der Waals surface area contributed by atoms with E-state index in [4.69, 9.17) is 15.2 Å². The Balaban J connectivity index is 3.18. The molecule has 0 aromatic heterocycles. The molecule has 118 valence electrons. The lowest BCUT2D eigenvalue weighted by molar-refractivity contribution is 0.384. The summed E-state index contributed by atoms with van der Waals surface area (Å²) in [4.78, 5) is 0.0319. The number of allylic oxidation sites excluding steroid dienone is 1. The van der Waals surface area contributed by atoms with E-state index < -0.39 is 10.0 Å². The van der Waals surface area contributed by atoms with Crippen LogP contribution in [0.1, 0.15) is 12.8 Å². The Morgan fingerprint density at radius 2 is 1.90 bits per heavy atom. The second kappa shape index (κ2) is 7.33. The minimum atomic E-state index is -3.67. The van der Waals surface area contributed by atoms with Gasteiger partial charge in [0, 0.05) is 19.7 Å². The molecule has 0 aliphatic rings. The van der Waals surface area contributed by atoms with Crippen molar-refractivity contribution < 1.29 is 17.9 Å². The smallest absolute Gasteiger partial charge is 0.246 e. The van der Waals surface area contributed by atoms with E-state index >= 15 is 0 Å². The van der Waals surface area contributed by atoms with Crippen LogP contribution in [0.25, 0.3) is 0 Å². The lowest BCUT2D eigenvalue weighted by atomic mass is 10.3. The number of rotatable bonds is 8. The summed E-state index contributed by atoms with van der Waals surface area (Å²) in [6.45, 7) is 4.01. The maximum atomic E-state index is 12.6. The largest absolute Gasteiger partial charge is 0.495 e. The lowest BCUT2D eigenvalue weighted by Gasteiger charge is -2.19. The van der Waals surface area contributed by atoms with Gasteiger partial charge in [-0.1, -0.05) is 6.08 Å². The van der Waals surface area contributed by atoms with E-state index in [0.29, 0.717) is 18.7 Å². The molecular formula is C14H22N2O4S. The number of anilines is 1. The van der Waals surface area contributed by atoms with Crippen molar-refractivity contribution in [2.45, 2.75) is 17.7 Å². The van der Waals surface area contributed by atoms with Gasteiger partial charge in [0.05, 0.1) is 19.9 Å². The summed E-state index contributed by atoms with van der Waals surface area (Å²) in [7, 11) is 0.718. The monoisotopic (exact) mass is 314 g/mol. The molecule has 0 atom stereocenters. The first-order valence-corrected chi connectivity index (χ1v) is 7.91. The van der Waals surface area contributed by atoms with Gasteiger partial charge in [-0.05, 0) is 18.9 Å². The molecule has 0 aliphatic carbocycles. The van der Waals surface area contributed by atoms with Gasteiger partial charge in [0.15, 0.2) is 0 Å². The highest BCUT2D eigenvalue weighted by Gasteiger charge is 2.26. The molecular weight excluding hydrogens is 292 g/mol. The van der Waals surface area contributed by atoms with Crippen molar-refractivity contribution in [3.8, 4) is 11.5 Å². The fraction of sp³-hybridized carbons (Fsp3) is 0.429. The van der Waals surface area contributed by atoms with Gasteiger partial charge in [-0.25, -0.2) is 12.7 Å². The Labute approximate surface area is 126 Å². The van der Waals surface area contributed by atoms with E-state index in [1.165, 1.54) is 37.7 Å². The highest BCUT2D eigenvalue weighted by Crippen LogP contribution is 2.34. The number of sulfonamides is 1. The zero-order valence-electron chi connectivity index (χ0n) is 12.6. The second-order valence-corrected chi connectivity index (χ2v) is 6.52. The third-order valence-electron chi connectivity index (χ3n) is 3.09. The lowest BCUT2D eigenvalue weighted by Crippen LogP contribution is -2.28. The standard InChI is InChI=1S/C14H22N2O4S/c1-5-6-7-8-16(2)21(17,18)14-9-11(15)12(19-3)10-13(14)20-4/h5,9-10H,1,6-8,15H2,2-4H3. The maximum absolute atomic E-state index is 12.6. The average molecular weight is 314 g/mol. The Kier molecular flexibility index (Phi) is 6.04. The molecule has 0 aliphatic heterocycles. The van der Waals surface area contributed by atoms with Crippen molar-refractivity contribution in [2.75, 3.05) is 33.5 Å². The van der Waals surface area contributed by atoms with Gasteiger partial charge in [0.1, 0.15) is 16.4 Å². The number of nitrogens with zero attached hydrogens (tertiary/aromatic N) is 1.